The second-order valence-electron chi connectivity index (χ2n) is 4.78. The van der Waals surface area contributed by atoms with Crippen LogP contribution in [0.3, 0.4) is 0 Å². The lowest BCUT2D eigenvalue weighted by Crippen LogP contribution is -2.11. The van der Waals surface area contributed by atoms with Crippen LogP contribution < -0.4 is 10.5 Å². The largest absolute Gasteiger partial charge is 0.489 e. The van der Waals surface area contributed by atoms with Gasteiger partial charge in [-0.15, -0.1) is 19.0 Å². The number of para-hydroxylation sites is 1. The molecule has 1 atom stereocenters. The maximum Gasteiger partial charge on any atom is 0.124 e. The number of rotatable bonds is 7. The van der Waals surface area contributed by atoms with E-state index >= 15 is 0 Å². The number of benzene rings is 2. The van der Waals surface area contributed by atoms with E-state index in [0.717, 1.165) is 29.7 Å². The highest BCUT2D eigenvalue weighted by Gasteiger charge is 2.11. The Bertz CT molecular complexity index is 542. The molecule has 2 N–H and O–H groups in total. The lowest BCUT2D eigenvalue weighted by molar-refractivity contribution is 0.300. The van der Waals surface area contributed by atoms with Gasteiger partial charge in [0, 0.05) is 11.6 Å². The Balaban J connectivity index is 0.00000220. The fourth-order valence-electron chi connectivity index (χ4n) is 2.11. The van der Waals surface area contributed by atoms with E-state index in [-0.39, 0.29) is 18.4 Å². The molecule has 0 saturated carbocycles. The first-order chi connectivity index (χ1) is 9.81. The van der Waals surface area contributed by atoms with E-state index < -0.39 is 0 Å². The van der Waals surface area contributed by atoms with Gasteiger partial charge in [-0.2, -0.15) is 0 Å². The molecule has 0 unspecified atom stereocenters. The van der Waals surface area contributed by atoms with Crippen LogP contribution in [-0.2, 0) is 6.61 Å². The molecule has 0 fully saturated rings. The zero-order valence-corrected chi connectivity index (χ0v) is 12.9. The summed E-state index contributed by atoms with van der Waals surface area (Å²) in [7, 11) is 0. The quantitative estimate of drug-likeness (QED) is 0.755. The third-order valence-electron chi connectivity index (χ3n) is 3.24. The van der Waals surface area contributed by atoms with Gasteiger partial charge in [0.2, 0.25) is 0 Å². The molecule has 0 aliphatic heterocycles. The van der Waals surface area contributed by atoms with Crippen molar-refractivity contribution in [3.63, 3.8) is 0 Å². The second-order valence-corrected chi connectivity index (χ2v) is 4.78. The Morgan fingerprint density at radius 2 is 1.71 bits per heavy atom. The SMILES string of the molecule is C=CCC[C@H](N)c1ccccc1OCc1ccccc1.Cl. The van der Waals surface area contributed by atoms with Crippen molar-refractivity contribution >= 4 is 12.4 Å². The second kappa shape index (κ2) is 9.22. The van der Waals surface area contributed by atoms with E-state index in [2.05, 4.69) is 18.7 Å². The predicted molar refractivity (Wildman–Crippen MR) is 90.8 cm³/mol. The van der Waals surface area contributed by atoms with Gasteiger partial charge in [-0.25, -0.2) is 0 Å². The molecule has 0 radical (unpaired) electrons. The molecule has 0 aliphatic carbocycles. The first-order valence-corrected chi connectivity index (χ1v) is 6.93. The fraction of sp³-hybridized carbons (Fsp3) is 0.222. The molecule has 2 rings (SSSR count). The van der Waals surface area contributed by atoms with Gasteiger partial charge < -0.3 is 10.5 Å². The van der Waals surface area contributed by atoms with Crippen LogP contribution in [0.4, 0.5) is 0 Å². The number of nitrogens with two attached hydrogens (primary N) is 1. The molecule has 0 spiro atoms. The maximum atomic E-state index is 6.22. The van der Waals surface area contributed by atoms with Crippen molar-refractivity contribution in [2.45, 2.75) is 25.5 Å². The third kappa shape index (κ3) is 5.25. The Hall–Kier alpha value is -1.77. The minimum absolute atomic E-state index is 0. The molecule has 0 saturated heterocycles. The van der Waals surface area contributed by atoms with E-state index in [9.17, 15) is 0 Å². The molecule has 3 heteroatoms. The molecule has 21 heavy (non-hydrogen) atoms. The van der Waals surface area contributed by atoms with Crippen LogP contribution in [0.25, 0.3) is 0 Å². The highest BCUT2D eigenvalue weighted by molar-refractivity contribution is 5.85. The van der Waals surface area contributed by atoms with Crippen molar-refractivity contribution in [2.75, 3.05) is 0 Å². The van der Waals surface area contributed by atoms with Gasteiger partial charge in [0.25, 0.3) is 0 Å². The number of allylic oxidation sites excluding steroid dienone is 1. The summed E-state index contributed by atoms with van der Waals surface area (Å²) in [4.78, 5) is 0. The van der Waals surface area contributed by atoms with Gasteiger partial charge in [0.05, 0.1) is 0 Å². The highest BCUT2D eigenvalue weighted by Crippen LogP contribution is 2.27. The van der Waals surface area contributed by atoms with E-state index in [4.69, 9.17) is 10.5 Å². The van der Waals surface area contributed by atoms with Crippen LogP contribution in [0, 0.1) is 0 Å². The van der Waals surface area contributed by atoms with Crippen molar-refractivity contribution in [1.29, 1.82) is 0 Å². The smallest absolute Gasteiger partial charge is 0.124 e. The van der Waals surface area contributed by atoms with Crippen molar-refractivity contribution < 1.29 is 4.74 Å². The highest BCUT2D eigenvalue weighted by atomic mass is 35.5. The van der Waals surface area contributed by atoms with E-state index in [0.29, 0.717) is 6.61 Å². The summed E-state index contributed by atoms with van der Waals surface area (Å²) in [5, 5.41) is 0. The zero-order valence-electron chi connectivity index (χ0n) is 12.1. The van der Waals surface area contributed by atoms with Crippen LogP contribution in [0.5, 0.6) is 5.75 Å². The molecular weight excluding hydrogens is 282 g/mol. The van der Waals surface area contributed by atoms with Gasteiger partial charge in [-0.1, -0.05) is 54.6 Å². The average molecular weight is 304 g/mol. The van der Waals surface area contributed by atoms with Crippen LogP contribution in [0.1, 0.15) is 30.0 Å². The van der Waals surface area contributed by atoms with E-state index in [1.807, 2.05) is 48.5 Å². The van der Waals surface area contributed by atoms with Crippen molar-refractivity contribution in [3.05, 3.63) is 78.4 Å². The number of hydrogen-bond acceptors (Lipinski definition) is 2. The summed E-state index contributed by atoms with van der Waals surface area (Å²) < 4.78 is 5.92. The van der Waals surface area contributed by atoms with Crippen LogP contribution >= 0.6 is 12.4 Å². The summed E-state index contributed by atoms with van der Waals surface area (Å²) in [6, 6.07) is 18.1. The summed E-state index contributed by atoms with van der Waals surface area (Å²) >= 11 is 0. The molecule has 0 heterocycles. The molecule has 2 aromatic rings. The number of ether oxygens (including phenoxy) is 1. The number of halogens is 1. The van der Waals surface area contributed by atoms with Crippen LogP contribution in [-0.4, -0.2) is 0 Å². The summed E-state index contributed by atoms with van der Waals surface area (Å²) in [5.74, 6) is 0.868. The van der Waals surface area contributed by atoms with Gasteiger partial charge >= 0.3 is 0 Å². The van der Waals surface area contributed by atoms with Crippen molar-refractivity contribution in [1.82, 2.24) is 0 Å². The first-order valence-electron chi connectivity index (χ1n) is 6.93. The molecule has 2 aromatic carbocycles. The molecule has 0 aliphatic rings. The Labute approximate surface area is 133 Å². The van der Waals surface area contributed by atoms with Crippen molar-refractivity contribution in [2.24, 2.45) is 5.73 Å². The van der Waals surface area contributed by atoms with Gasteiger partial charge in [0.15, 0.2) is 0 Å². The standard InChI is InChI=1S/C18H21NO.ClH/c1-2-3-12-17(19)16-11-7-8-13-18(16)20-14-15-9-5-4-6-10-15;/h2,4-11,13,17H,1,3,12,14,19H2;1H/t17-;/m0./s1. The summed E-state index contributed by atoms with van der Waals surface area (Å²) in [6.45, 7) is 4.30. The molecular formula is C18H22ClNO. The predicted octanol–water partition coefficient (Wildman–Crippen LogP) is 4.65. The fourth-order valence-corrected chi connectivity index (χ4v) is 2.11. The molecule has 0 bridgehead atoms. The topological polar surface area (TPSA) is 35.2 Å². The average Bonchev–Trinajstić information content (AvgIpc) is 2.52. The minimum Gasteiger partial charge on any atom is -0.489 e. The molecule has 112 valence electrons. The first kappa shape index (κ1) is 17.3. The lowest BCUT2D eigenvalue weighted by atomic mass is 10.0. The van der Waals surface area contributed by atoms with Crippen LogP contribution in [0.15, 0.2) is 67.3 Å². The number of hydrogen-bond donors (Lipinski definition) is 1. The lowest BCUT2D eigenvalue weighted by Gasteiger charge is -2.16. The Kier molecular flexibility index (Phi) is 7.59. The Morgan fingerprint density at radius 3 is 2.43 bits per heavy atom. The molecule has 2 nitrogen and oxygen atoms in total. The zero-order chi connectivity index (χ0) is 14.2. The van der Waals surface area contributed by atoms with Gasteiger partial charge in [-0.05, 0) is 24.5 Å². The van der Waals surface area contributed by atoms with Gasteiger partial charge in [-0.3, -0.25) is 0 Å². The minimum atomic E-state index is -0.0139. The van der Waals surface area contributed by atoms with Crippen molar-refractivity contribution in [3.8, 4) is 5.75 Å². The van der Waals surface area contributed by atoms with E-state index in [1.165, 1.54) is 0 Å². The monoisotopic (exact) mass is 303 g/mol. The van der Waals surface area contributed by atoms with E-state index in [1.54, 1.807) is 0 Å². The summed E-state index contributed by atoms with van der Waals surface area (Å²) in [5.41, 5.74) is 8.44. The molecule has 0 aromatic heterocycles. The summed E-state index contributed by atoms with van der Waals surface area (Å²) in [6.07, 6.45) is 3.69. The van der Waals surface area contributed by atoms with Crippen LogP contribution in [0.2, 0.25) is 0 Å². The maximum absolute atomic E-state index is 6.22. The Morgan fingerprint density at radius 1 is 1.05 bits per heavy atom. The normalized spacial score (nSPS) is 11.3. The molecule has 0 amide bonds. The third-order valence-corrected chi connectivity index (χ3v) is 3.24. The van der Waals surface area contributed by atoms with Gasteiger partial charge in [0.1, 0.15) is 12.4 Å².